The van der Waals surface area contributed by atoms with Crippen LogP contribution < -0.4 is 5.32 Å². The number of hydrogen-bond donors (Lipinski definition) is 1. The topological polar surface area (TPSA) is 41.6 Å². The molecular formula is C11H24N2O2. The molecule has 1 aliphatic heterocycles. The van der Waals surface area contributed by atoms with E-state index >= 15 is 0 Å². The zero-order chi connectivity index (χ0) is 11.8. The summed E-state index contributed by atoms with van der Waals surface area (Å²) in [5, 5.41) is 3.31. The highest BCUT2D eigenvalue weighted by Crippen LogP contribution is 2.07. The van der Waals surface area contributed by atoms with Gasteiger partial charge in [-0.2, -0.15) is 0 Å². The van der Waals surface area contributed by atoms with Crippen LogP contribution >= 0.6 is 0 Å². The summed E-state index contributed by atoms with van der Waals surface area (Å²) in [6, 6.07) is 0.593. The molecule has 2 atom stereocenters. The average molecular weight is 216 g/mol. The van der Waals surface area contributed by atoms with Crippen LogP contribution in [-0.4, -0.2) is 42.8 Å². The molecule has 1 fully saturated rings. The highest BCUT2D eigenvalue weighted by Gasteiger charge is 2.27. The monoisotopic (exact) mass is 216 g/mol. The van der Waals surface area contributed by atoms with Crippen molar-refractivity contribution in [2.45, 2.75) is 46.7 Å². The minimum Gasteiger partial charge on any atom is -0.450 e. The molecule has 0 spiro atoms. The SMILES string of the molecule is CC.CCOC(=O)N1CC(C)NCC1C. The molecule has 0 bridgehead atoms. The summed E-state index contributed by atoms with van der Waals surface area (Å²) in [5.74, 6) is 0. The Hall–Kier alpha value is -0.770. The van der Waals surface area contributed by atoms with E-state index in [1.165, 1.54) is 0 Å². The predicted molar refractivity (Wildman–Crippen MR) is 62.0 cm³/mol. The number of nitrogens with zero attached hydrogens (tertiary/aromatic N) is 1. The Labute approximate surface area is 93.0 Å². The Kier molecular flexibility index (Phi) is 7.13. The van der Waals surface area contributed by atoms with Gasteiger partial charge in [0, 0.05) is 25.2 Å². The van der Waals surface area contributed by atoms with E-state index in [1.807, 2.05) is 27.7 Å². The minimum atomic E-state index is -0.191. The maximum Gasteiger partial charge on any atom is 0.410 e. The summed E-state index contributed by atoms with van der Waals surface area (Å²) < 4.78 is 4.96. The van der Waals surface area contributed by atoms with Gasteiger partial charge < -0.3 is 15.0 Å². The molecule has 1 rings (SSSR count). The molecule has 4 nitrogen and oxygen atoms in total. The largest absolute Gasteiger partial charge is 0.450 e. The number of hydrogen-bond acceptors (Lipinski definition) is 3. The Bertz CT molecular complexity index is 185. The van der Waals surface area contributed by atoms with Gasteiger partial charge in [0.2, 0.25) is 0 Å². The molecule has 15 heavy (non-hydrogen) atoms. The van der Waals surface area contributed by atoms with Gasteiger partial charge in [-0.3, -0.25) is 0 Å². The van der Waals surface area contributed by atoms with Crippen LogP contribution in [0.15, 0.2) is 0 Å². The molecule has 0 aromatic rings. The van der Waals surface area contributed by atoms with Gasteiger partial charge in [0.25, 0.3) is 0 Å². The molecular weight excluding hydrogens is 192 g/mol. The fraction of sp³-hybridized carbons (Fsp3) is 0.909. The molecule has 0 radical (unpaired) electrons. The van der Waals surface area contributed by atoms with E-state index in [2.05, 4.69) is 12.2 Å². The van der Waals surface area contributed by atoms with Crippen LogP contribution in [0.2, 0.25) is 0 Å². The van der Waals surface area contributed by atoms with Crippen LogP contribution in [0, 0.1) is 0 Å². The number of rotatable bonds is 1. The number of ether oxygens (including phenoxy) is 1. The van der Waals surface area contributed by atoms with Crippen LogP contribution in [0.4, 0.5) is 4.79 Å². The van der Waals surface area contributed by atoms with Crippen molar-refractivity contribution in [3.8, 4) is 0 Å². The van der Waals surface area contributed by atoms with Crippen molar-refractivity contribution in [1.82, 2.24) is 10.2 Å². The third-order valence-corrected chi connectivity index (χ3v) is 2.27. The lowest BCUT2D eigenvalue weighted by Gasteiger charge is -2.36. The first kappa shape index (κ1) is 14.2. The van der Waals surface area contributed by atoms with E-state index in [0.29, 0.717) is 12.6 Å². The Morgan fingerprint density at radius 3 is 2.60 bits per heavy atom. The van der Waals surface area contributed by atoms with Gasteiger partial charge in [-0.05, 0) is 20.8 Å². The highest BCUT2D eigenvalue weighted by atomic mass is 16.6. The summed E-state index contributed by atoms with van der Waals surface area (Å²) in [7, 11) is 0. The number of carbonyl (C=O) groups is 1. The molecule has 90 valence electrons. The maximum absolute atomic E-state index is 11.4. The van der Waals surface area contributed by atoms with Gasteiger partial charge >= 0.3 is 6.09 Å². The van der Waals surface area contributed by atoms with Crippen LogP contribution in [0.5, 0.6) is 0 Å². The van der Waals surface area contributed by atoms with Crippen molar-refractivity contribution in [3.05, 3.63) is 0 Å². The van der Waals surface area contributed by atoms with Gasteiger partial charge in [0.15, 0.2) is 0 Å². The smallest absolute Gasteiger partial charge is 0.410 e. The molecule has 4 heteroatoms. The van der Waals surface area contributed by atoms with E-state index in [0.717, 1.165) is 13.1 Å². The molecule has 1 amide bonds. The van der Waals surface area contributed by atoms with E-state index in [4.69, 9.17) is 4.74 Å². The molecule has 1 saturated heterocycles. The molecule has 0 aliphatic carbocycles. The predicted octanol–water partition coefficient (Wildman–Crippen LogP) is 1.85. The first-order valence-corrected chi connectivity index (χ1v) is 5.82. The van der Waals surface area contributed by atoms with Crippen LogP contribution in [0.1, 0.15) is 34.6 Å². The van der Waals surface area contributed by atoms with Crippen LogP contribution in [0.25, 0.3) is 0 Å². The fourth-order valence-corrected chi connectivity index (χ4v) is 1.48. The molecule has 1 heterocycles. The van der Waals surface area contributed by atoms with Gasteiger partial charge in [-0.1, -0.05) is 13.8 Å². The molecule has 0 aromatic heterocycles. The van der Waals surface area contributed by atoms with Crippen LogP contribution in [0.3, 0.4) is 0 Å². The zero-order valence-electron chi connectivity index (χ0n) is 10.5. The third kappa shape index (κ3) is 4.51. The fourth-order valence-electron chi connectivity index (χ4n) is 1.48. The number of nitrogens with one attached hydrogen (secondary N) is 1. The first-order valence-electron chi connectivity index (χ1n) is 5.82. The van der Waals surface area contributed by atoms with Crippen molar-refractivity contribution < 1.29 is 9.53 Å². The highest BCUT2D eigenvalue weighted by molar-refractivity contribution is 5.68. The van der Waals surface area contributed by atoms with E-state index in [9.17, 15) is 4.79 Å². The number of amides is 1. The van der Waals surface area contributed by atoms with Crippen LogP contribution in [-0.2, 0) is 4.74 Å². The van der Waals surface area contributed by atoms with E-state index in [-0.39, 0.29) is 12.1 Å². The van der Waals surface area contributed by atoms with Crippen molar-refractivity contribution in [1.29, 1.82) is 0 Å². The summed E-state index contributed by atoms with van der Waals surface area (Å²) in [4.78, 5) is 13.2. The molecule has 1 aliphatic rings. The van der Waals surface area contributed by atoms with E-state index < -0.39 is 0 Å². The normalized spacial score (nSPS) is 25.3. The quantitative estimate of drug-likeness (QED) is 0.727. The van der Waals surface area contributed by atoms with Crippen molar-refractivity contribution in [2.75, 3.05) is 19.7 Å². The summed E-state index contributed by atoms with van der Waals surface area (Å²) >= 11 is 0. The first-order chi connectivity index (χ1) is 7.15. The second-order valence-electron chi connectivity index (χ2n) is 3.51. The Morgan fingerprint density at radius 2 is 2.07 bits per heavy atom. The lowest BCUT2D eigenvalue weighted by molar-refractivity contribution is 0.0773. The number of carbonyl (C=O) groups excluding carboxylic acids is 1. The molecule has 2 unspecified atom stereocenters. The second-order valence-corrected chi connectivity index (χ2v) is 3.51. The summed E-state index contributed by atoms with van der Waals surface area (Å²) in [5.41, 5.74) is 0. The summed E-state index contributed by atoms with van der Waals surface area (Å²) in [6.07, 6.45) is -0.191. The standard InChI is InChI=1S/C9H18N2O2.C2H6/c1-4-13-9(12)11-6-7(2)10-5-8(11)3;1-2/h7-8,10H,4-6H2,1-3H3;1-2H3. The van der Waals surface area contributed by atoms with Crippen molar-refractivity contribution in [2.24, 2.45) is 0 Å². The lowest BCUT2D eigenvalue weighted by atomic mass is 10.1. The van der Waals surface area contributed by atoms with Crippen molar-refractivity contribution >= 4 is 6.09 Å². The molecule has 0 saturated carbocycles. The zero-order valence-corrected chi connectivity index (χ0v) is 10.5. The third-order valence-electron chi connectivity index (χ3n) is 2.27. The second kappa shape index (κ2) is 7.51. The average Bonchev–Trinajstić information content (AvgIpc) is 2.25. The minimum absolute atomic E-state index is 0.191. The number of piperazine rings is 1. The maximum atomic E-state index is 11.4. The van der Waals surface area contributed by atoms with Gasteiger partial charge in [-0.25, -0.2) is 4.79 Å². The molecule has 0 aromatic carbocycles. The summed E-state index contributed by atoms with van der Waals surface area (Å²) in [6.45, 7) is 12.0. The molecule has 1 N–H and O–H groups in total. The van der Waals surface area contributed by atoms with Gasteiger partial charge in [0.05, 0.1) is 6.61 Å². The van der Waals surface area contributed by atoms with E-state index in [1.54, 1.807) is 4.90 Å². The Morgan fingerprint density at radius 1 is 1.47 bits per heavy atom. The van der Waals surface area contributed by atoms with Crippen molar-refractivity contribution in [3.63, 3.8) is 0 Å². The Balaban J connectivity index is 0.000000921. The lowest BCUT2D eigenvalue weighted by Crippen LogP contribution is -2.56. The van der Waals surface area contributed by atoms with Gasteiger partial charge in [0.1, 0.15) is 0 Å². The van der Waals surface area contributed by atoms with Gasteiger partial charge in [-0.15, -0.1) is 0 Å².